The zero-order valence-corrected chi connectivity index (χ0v) is 10.5. The minimum absolute atomic E-state index is 0.413. The van der Waals surface area contributed by atoms with E-state index in [1.165, 1.54) is 0 Å². The number of unbranched alkanes of at least 4 members (excludes halogenated alkanes) is 1. The molecule has 0 N–H and O–H groups in total. The smallest absolute Gasteiger partial charge is 0.0766 e. The fourth-order valence-corrected chi connectivity index (χ4v) is 2.03. The van der Waals surface area contributed by atoms with E-state index < -0.39 is 8.07 Å². The highest BCUT2D eigenvalue weighted by atomic mass is 28.3. The normalized spacial score (nSPS) is 13.2. The van der Waals surface area contributed by atoms with Gasteiger partial charge in [0.2, 0.25) is 0 Å². The van der Waals surface area contributed by atoms with Crippen molar-refractivity contribution < 1.29 is 0 Å². The van der Waals surface area contributed by atoms with Crippen LogP contribution >= 0.6 is 0 Å². The van der Waals surface area contributed by atoms with Crippen molar-refractivity contribution in [1.82, 2.24) is 0 Å². The number of rotatable bonds is 3. The van der Waals surface area contributed by atoms with Gasteiger partial charge in [-0.3, -0.25) is 0 Å². The van der Waals surface area contributed by atoms with E-state index in [9.17, 15) is 0 Å². The Kier molecular flexibility index (Phi) is 4.42. The molecule has 0 aromatic rings. The van der Waals surface area contributed by atoms with Gasteiger partial charge < -0.3 is 0 Å². The number of hydrogen-bond acceptors (Lipinski definition) is 1. The van der Waals surface area contributed by atoms with Gasteiger partial charge in [-0.1, -0.05) is 45.6 Å². The van der Waals surface area contributed by atoms with Crippen molar-refractivity contribution in [1.29, 1.82) is 5.26 Å². The molecule has 0 fully saturated rings. The summed E-state index contributed by atoms with van der Waals surface area (Å²) >= 11 is 0. The first kappa shape index (κ1) is 12.4. The van der Waals surface area contributed by atoms with Crippen molar-refractivity contribution in [2.45, 2.75) is 51.7 Å². The molecule has 0 unspecified atom stereocenters. The van der Waals surface area contributed by atoms with Crippen molar-refractivity contribution >= 4 is 8.07 Å². The van der Waals surface area contributed by atoms with Crippen LogP contribution in [0.25, 0.3) is 0 Å². The molecule has 0 spiro atoms. The summed E-state index contributed by atoms with van der Waals surface area (Å²) in [5.74, 6) is 0. The molecule has 0 aromatic heterocycles. The average Bonchev–Trinajstić information content (AvgIpc) is 1.96. The van der Waals surface area contributed by atoms with Gasteiger partial charge in [0.15, 0.2) is 0 Å². The van der Waals surface area contributed by atoms with Crippen LogP contribution in [0.2, 0.25) is 18.1 Å². The minimum atomic E-state index is -1.24. The molecule has 0 heterocycles. The fraction of sp³-hybridized carbons (Fsp3) is 0.727. The summed E-state index contributed by atoms with van der Waals surface area (Å²) in [6.07, 6.45) is 3.73. The van der Waals surface area contributed by atoms with Crippen LogP contribution in [-0.2, 0) is 0 Å². The number of hydrogen-bond donors (Lipinski definition) is 0. The second-order valence-corrected chi connectivity index (χ2v) is 10.3. The minimum Gasteiger partial charge on any atom is -0.198 e. The summed E-state index contributed by atoms with van der Waals surface area (Å²) < 4.78 is 0. The fourth-order valence-electron chi connectivity index (χ4n) is 0.776. The predicted octanol–water partition coefficient (Wildman–Crippen LogP) is 3.89. The van der Waals surface area contributed by atoms with Crippen LogP contribution in [-0.4, -0.2) is 8.07 Å². The van der Waals surface area contributed by atoms with Gasteiger partial charge >= 0.3 is 0 Å². The summed E-state index contributed by atoms with van der Waals surface area (Å²) in [7, 11) is -1.24. The molecule has 0 aliphatic heterocycles. The van der Waals surface area contributed by atoms with Crippen LogP contribution in [0.4, 0.5) is 0 Å². The first-order valence-corrected chi connectivity index (χ1v) is 7.93. The quantitative estimate of drug-likeness (QED) is 0.495. The highest BCUT2D eigenvalue weighted by Crippen LogP contribution is 2.36. The Hall–Kier alpha value is -0.553. The number of nitriles is 1. The summed E-state index contributed by atoms with van der Waals surface area (Å²) in [6, 6.07) is 2.16. The lowest BCUT2D eigenvalue weighted by atomic mass is 10.2. The molecule has 74 valence electrons. The lowest BCUT2D eigenvalue weighted by Gasteiger charge is -2.34. The highest BCUT2D eigenvalue weighted by Gasteiger charge is 2.31. The topological polar surface area (TPSA) is 23.8 Å². The molecule has 0 aliphatic rings. The van der Waals surface area contributed by atoms with Gasteiger partial charge in [-0.05, 0) is 11.5 Å². The molecular weight excluding hydrogens is 174 g/mol. The van der Waals surface area contributed by atoms with Gasteiger partial charge in [0.05, 0.1) is 14.1 Å². The van der Waals surface area contributed by atoms with Crippen LogP contribution in [0.5, 0.6) is 0 Å². The highest BCUT2D eigenvalue weighted by molar-refractivity contribution is 6.84. The van der Waals surface area contributed by atoms with E-state index in [0.29, 0.717) is 11.5 Å². The maximum absolute atomic E-state index is 8.38. The van der Waals surface area contributed by atoms with Gasteiger partial charge in [0, 0.05) is 6.42 Å². The third kappa shape index (κ3) is 4.28. The maximum atomic E-state index is 8.38. The molecule has 0 radical (unpaired) electrons. The average molecular weight is 195 g/mol. The molecule has 0 aromatic carbocycles. The summed E-state index contributed by atoms with van der Waals surface area (Å²) in [5.41, 5.74) is 2.37. The molecule has 0 saturated carbocycles. The van der Waals surface area contributed by atoms with E-state index in [0.717, 1.165) is 6.42 Å². The Morgan fingerprint density at radius 3 is 2.23 bits per heavy atom. The molecule has 1 nitrogen and oxygen atoms in total. The lowest BCUT2D eigenvalue weighted by molar-refractivity contribution is 0.728. The van der Waals surface area contributed by atoms with Crippen molar-refractivity contribution in [3.8, 4) is 6.07 Å². The van der Waals surface area contributed by atoms with E-state index >= 15 is 0 Å². The molecule has 0 saturated heterocycles. The first-order chi connectivity index (χ1) is 5.81. The van der Waals surface area contributed by atoms with Gasteiger partial charge in [-0.15, -0.1) is 0 Å². The van der Waals surface area contributed by atoms with Crippen LogP contribution < -0.4 is 0 Å². The predicted molar refractivity (Wildman–Crippen MR) is 61.2 cm³/mol. The van der Waals surface area contributed by atoms with Gasteiger partial charge in [-0.2, -0.15) is 5.26 Å². The van der Waals surface area contributed by atoms with Crippen LogP contribution in [0, 0.1) is 11.3 Å². The van der Waals surface area contributed by atoms with Gasteiger partial charge in [0.1, 0.15) is 0 Å². The van der Waals surface area contributed by atoms with E-state index in [2.05, 4.69) is 51.7 Å². The second kappa shape index (κ2) is 4.62. The van der Waals surface area contributed by atoms with Crippen molar-refractivity contribution in [2.75, 3.05) is 0 Å². The van der Waals surface area contributed by atoms with Crippen molar-refractivity contribution in [2.24, 2.45) is 0 Å². The summed E-state index contributed by atoms with van der Waals surface area (Å²) in [6.45, 7) is 11.6. The third-order valence-electron chi connectivity index (χ3n) is 2.89. The molecule has 0 atom stereocenters. The molecular formula is C11H21NSi. The second-order valence-electron chi connectivity index (χ2n) is 5.07. The van der Waals surface area contributed by atoms with Gasteiger partial charge in [0.25, 0.3) is 0 Å². The van der Waals surface area contributed by atoms with E-state index in [4.69, 9.17) is 5.26 Å². The van der Waals surface area contributed by atoms with Gasteiger partial charge in [-0.25, -0.2) is 0 Å². The summed E-state index contributed by atoms with van der Waals surface area (Å²) in [5, 5.41) is 8.80. The van der Waals surface area contributed by atoms with E-state index in [1.54, 1.807) is 0 Å². The molecule has 13 heavy (non-hydrogen) atoms. The lowest BCUT2D eigenvalue weighted by Crippen LogP contribution is -2.34. The monoisotopic (exact) mass is 195 g/mol. The van der Waals surface area contributed by atoms with Crippen molar-refractivity contribution in [3.63, 3.8) is 0 Å². The Labute approximate surface area is 83.5 Å². The summed E-state index contributed by atoms with van der Waals surface area (Å²) in [4.78, 5) is 0. The number of nitrogens with zero attached hydrogens (tertiary/aromatic N) is 1. The van der Waals surface area contributed by atoms with E-state index in [-0.39, 0.29) is 0 Å². The molecule has 0 bridgehead atoms. The Balaban J connectivity index is 4.19. The molecule has 0 aliphatic carbocycles. The molecule has 2 heteroatoms. The van der Waals surface area contributed by atoms with Crippen LogP contribution in [0.3, 0.4) is 0 Å². The SMILES string of the molecule is CC(C)(C)[Si](C)(C)/C=C/CCC#N. The maximum Gasteiger partial charge on any atom is 0.0766 e. The Bertz CT molecular complexity index is 215. The van der Waals surface area contributed by atoms with Crippen molar-refractivity contribution in [3.05, 3.63) is 11.8 Å². The molecule has 0 amide bonds. The third-order valence-corrected chi connectivity index (χ3v) is 7.83. The van der Waals surface area contributed by atoms with Crippen LogP contribution in [0.15, 0.2) is 11.8 Å². The van der Waals surface area contributed by atoms with E-state index in [1.807, 2.05) is 0 Å². The van der Waals surface area contributed by atoms with Crippen LogP contribution in [0.1, 0.15) is 33.6 Å². The first-order valence-electron chi connectivity index (χ1n) is 4.86. The zero-order chi connectivity index (χ0) is 10.5. The Morgan fingerprint density at radius 1 is 1.31 bits per heavy atom. The largest absolute Gasteiger partial charge is 0.198 e. The molecule has 0 rings (SSSR count). The zero-order valence-electron chi connectivity index (χ0n) is 9.52. The Morgan fingerprint density at radius 2 is 1.85 bits per heavy atom. The number of allylic oxidation sites excluding steroid dienone is 1. The standard InChI is InChI=1S/C11H21NSi/c1-11(2,3)13(4,5)10-8-6-7-9-12/h8,10H,6-7H2,1-5H3/b10-8+.